The molecule has 0 spiro atoms. The van der Waals surface area contributed by atoms with E-state index in [4.69, 9.17) is 4.74 Å². The Morgan fingerprint density at radius 3 is 2.68 bits per heavy atom. The summed E-state index contributed by atoms with van der Waals surface area (Å²) in [6, 6.07) is 4.06. The molecule has 0 fully saturated rings. The largest absolute Gasteiger partial charge is 0.504 e. The zero-order chi connectivity index (χ0) is 15.9. The van der Waals surface area contributed by atoms with Crippen molar-refractivity contribution in [2.24, 2.45) is 0 Å². The molecule has 2 rings (SSSR count). The van der Waals surface area contributed by atoms with Crippen molar-refractivity contribution in [3.8, 4) is 11.5 Å². The fourth-order valence-corrected chi connectivity index (χ4v) is 3.31. The normalized spacial score (nSPS) is 17.7. The van der Waals surface area contributed by atoms with Gasteiger partial charge in [0.25, 0.3) is 0 Å². The monoisotopic (exact) mass is 307 g/mol. The van der Waals surface area contributed by atoms with E-state index in [1.54, 1.807) is 6.07 Å². The maximum absolute atomic E-state index is 9.99. The van der Waals surface area contributed by atoms with Crippen LogP contribution in [0.15, 0.2) is 12.1 Å². The van der Waals surface area contributed by atoms with Gasteiger partial charge < -0.3 is 14.9 Å². The van der Waals surface area contributed by atoms with Crippen molar-refractivity contribution in [3.05, 3.63) is 23.3 Å². The molecule has 124 valence electrons. The minimum absolute atomic E-state index is 0.00409. The van der Waals surface area contributed by atoms with E-state index < -0.39 is 0 Å². The van der Waals surface area contributed by atoms with E-state index in [1.165, 1.54) is 5.56 Å². The van der Waals surface area contributed by atoms with E-state index in [2.05, 4.69) is 18.7 Å². The van der Waals surface area contributed by atoms with Gasteiger partial charge in [-0.1, -0.05) is 19.9 Å². The first kappa shape index (κ1) is 17.1. The Labute approximate surface area is 133 Å². The van der Waals surface area contributed by atoms with Crippen LogP contribution in [0.1, 0.15) is 44.2 Å². The van der Waals surface area contributed by atoms with Gasteiger partial charge in [0.1, 0.15) is 0 Å². The third-order valence-electron chi connectivity index (χ3n) is 4.44. The van der Waals surface area contributed by atoms with Crippen LogP contribution in [0, 0.1) is 0 Å². The number of ether oxygens (including phenoxy) is 1. The molecule has 1 aromatic carbocycles. The predicted molar refractivity (Wildman–Crippen MR) is 88.6 cm³/mol. The average Bonchev–Trinajstić information content (AvgIpc) is 2.54. The van der Waals surface area contributed by atoms with Crippen molar-refractivity contribution < 1.29 is 14.9 Å². The second kappa shape index (κ2) is 8.39. The van der Waals surface area contributed by atoms with Gasteiger partial charge in [-0.25, -0.2) is 0 Å². The molecule has 0 saturated heterocycles. The van der Waals surface area contributed by atoms with Crippen LogP contribution in [0.2, 0.25) is 0 Å². The van der Waals surface area contributed by atoms with Crippen molar-refractivity contribution in [1.29, 1.82) is 0 Å². The Morgan fingerprint density at radius 1 is 1.14 bits per heavy atom. The van der Waals surface area contributed by atoms with E-state index >= 15 is 0 Å². The number of benzene rings is 1. The summed E-state index contributed by atoms with van der Waals surface area (Å²) in [6.07, 6.45) is 5.00. The first-order chi connectivity index (χ1) is 10.7. The molecule has 0 aromatic heterocycles. The molecule has 0 heterocycles. The molecule has 4 heteroatoms. The molecule has 1 aliphatic rings. The summed E-state index contributed by atoms with van der Waals surface area (Å²) in [5.74, 6) is 0.0693. The number of phenols is 2. The van der Waals surface area contributed by atoms with Crippen molar-refractivity contribution in [3.63, 3.8) is 0 Å². The zero-order valence-electron chi connectivity index (χ0n) is 13.8. The van der Waals surface area contributed by atoms with Gasteiger partial charge >= 0.3 is 0 Å². The van der Waals surface area contributed by atoms with E-state index in [0.29, 0.717) is 6.04 Å². The fraction of sp³-hybridized carbons (Fsp3) is 0.667. The highest BCUT2D eigenvalue weighted by Crippen LogP contribution is 2.36. The fourth-order valence-electron chi connectivity index (χ4n) is 3.31. The van der Waals surface area contributed by atoms with Crippen LogP contribution in [0.3, 0.4) is 0 Å². The van der Waals surface area contributed by atoms with Gasteiger partial charge in [-0.2, -0.15) is 0 Å². The van der Waals surface area contributed by atoms with Crippen molar-refractivity contribution in [1.82, 2.24) is 4.90 Å². The minimum Gasteiger partial charge on any atom is -0.504 e. The van der Waals surface area contributed by atoms with Crippen LogP contribution in [0.5, 0.6) is 11.5 Å². The second-order valence-corrected chi connectivity index (χ2v) is 6.12. The average molecular weight is 307 g/mol. The van der Waals surface area contributed by atoms with Crippen molar-refractivity contribution in [2.45, 2.75) is 52.0 Å². The van der Waals surface area contributed by atoms with Crippen molar-refractivity contribution >= 4 is 0 Å². The lowest BCUT2D eigenvalue weighted by molar-refractivity contribution is 0.0827. The summed E-state index contributed by atoms with van der Waals surface area (Å²) in [5.41, 5.74) is 2.09. The Hall–Kier alpha value is -1.26. The molecule has 1 atom stereocenters. The Kier molecular flexibility index (Phi) is 6.52. The van der Waals surface area contributed by atoms with Crippen molar-refractivity contribution in [2.75, 3.05) is 26.3 Å². The van der Waals surface area contributed by atoms with E-state index in [9.17, 15) is 10.2 Å². The van der Waals surface area contributed by atoms with E-state index in [-0.39, 0.29) is 11.5 Å². The summed E-state index contributed by atoms with van der Waals surface area (Å²) in [6.45, 7) is 8.01. The molecule has 22 heavy (non-hydrogen) atoms. The standard InChI is InChI=1S/C18H29NO3/c1-3-9-19(10-12-22-11-4-2)15-6-7-16-14(13-15)5-8-17(20)18(16)21/h5,8,15,20-21H,3-4,6-7,9-13H2,1-2H3. The van der Waals surface area contributed by atoms with E-state index in [1.807, 2.05) is 6.07 Å². The Morgan fingerprint density at radius 2 is 1.95 bits per heavy atom. The number of hydrogen-bond donors (Lipinski definition) is 2. The maximum Gasteiger partial charge on any atom is 0.160 e. The number of rotatable bonds is 8. The molecule has 1 aliphatic carbocycles. The number of hydrogen-bond acceptors (Lipinski definition) is 4. The summed E-state index contributed by atoms with van der Waals surface area (Å²) < 4.78 is 5.64. The highest BCUT2D eigenvalue weighted by molar-refractivity contribution is 5.50. The predicted octanol–water partition coefficient (Wildman–Crippen LogP) is 3.09. The van der Waals surface area contributed by atoms with Gasteiger partial charge in [0.2, 0.25) is 0 Å². The highest BCUT2D eigenvalue weighted by atomic mass is 16.5. The summed E-state index contributed by atoms with van der Waals surface area (Å²) in [7, 11) is 0. The molecule has 0 aliphatic heterocycles. The number of aromatic hydroxyl groups is 2. The SMILES string of the molecule is CCCOCCN(CCC)C1CCc2c(ccc(O)c2O)C1. The van der Waals surface area contributed by atoms with Gasteiger partial charge in [-0.3, -0.25) is 4.90 Å². The lowest BCUT2D eigenvalue weighted by atomic mass is 9.86. The molecule has 2 N–H and O–H groups in total. The van der Waals surface area contributed by atoms with Gasteiger partial charge in [-0.05, 0) is 50.3 Å². The van der Waals surface area contributed by atoms with Gasteiger partial charge in [0.05, 0.1) is 6.61 Å². The third-order valence-corrected chi connectivity index (χ3v) is 4.44. The maximum atomic E-state index is 9.99. The quantitative estimate of drug-likeness (QED) is 0.572. The molecule has 0 amide bonds. The van der Waals surface area contributed by atoms with Gasteiger partial charge in [-0.15, -0.1) is 0 Å². The van der Waals surface area contributed by atoms with Crippen LogP contribution in [0.25, 0.3) is 0 Å². The number of fused-ring (bicyclic) bond motifs is 1. The van der Waals surface area contributed by atoms with Gasteiger partial charge in [0, 0.05) is 24.8 Å². The van der Waals surface area contributed by atoms with E-state index in [0.717, 1.165) is 64.0 Å². The Balaban J connectivity index is 1.99. The third kappa shape index (κ3) is 4.14. The number of nitrogens with zero attached hydrogens (tertiary/aromatic N) is 1. The lowest BCUT2D eigenvalue weighted by Crippen LogP contribution is -2.41. The zero-order valence-corrected chi connectivity index (χ0v) is 13.8. The summed E-state index contributed by atoms with van der Waals surface area (Å²) >= 11 is 0. The first-order valence-electron chi connectivity index (χ1n) is 8.51. The molecule has 0 bridgehead atoms. The van der Waals surface area contributed by atoms with Crippen LogP contribution in [-0.4, -0.2) is 47.5 Å². The molecule has 1 aromatic rings. The minimum atomic E-state index is -0.00409. The van der Waals surface area contributed by atoms with Gasteiger partial charge in [0.15, 0.2) is 11.5 Å². The molecular formula is C18H29NO3. The smallest absolute Gasteiger partial charge is 0.160 e. The first-order valence-corrected chi connectivity index (χ1v) is 8.51. The highest BCUT2D eigenvalue weighted by Gasteiger charge is 2.26. The summed E-state index contributed by atoms with van der Waals surface area (Å²) in [4.78, 5) is 2.52. The van der Waals surface area contributed by atoms with Crippen LogP contribution in [0.4, 0.5) is 0 Å². The molecule has 0 radical (unpaired) electrons. The molecular weight excluding hydrogens is 278 g/mol. The number of phenolic OH excluding ortho intramolecular Hbond substituents is 2. The molecule has 1 unspecified atom stereocenters. The lowest BCUT2D eigenvalue weighted by Gasteiger charge is -2.35. The van der Waals surface area contributed by atoms with Crippen LogP contribution >= 0.6 is 0 Å². The van der Waals surface area contributed by atoms with Crippen LogP contribution < -0.4 is 0 Å². The summed E-state index contributed by atoms with van der Waals surface area (Å²) in [5, 5.41) is 19.6. The Bertz CT molecular complexity index is 476. The molecule has 4 nitrogen and oxygen atoms in total. The topological polar surface area (TPSA) is 52.9 Å². The second-order valence-electron chi connectivity index (χ2n) is 6.12. The molecule has 0 saturated carbocycles. The van der Waals surface area contributed by atoms with Crippen LogP contribution in [-0.2, 0) is 17.6 Å².